The third kappa shape index (κ3) is 12.7. The van der Waals surface area contributed by atoms with Crippen molar-refractivity contribution in [1.29, 1.82) is 0 Å². The van der Waals surface area contributed by atoms with Crippen LogP contribution < -0.4 is 0 Å². The van der Waals surface area contributed by atoms with E-state index in [-0.39, 0.29) is 7.27 Å². The average molecular weight is 223 g/mol. The van der Waals surface area contributed by atoms with E-state index in [1.54, 1.807) is 0 Å². The Morgan fingerprint density at radius 2 is 1.31 bits per heavy atom. The molecular weight excluding hydrogens is 199 g/mol. The summed E-state index contributed by atoms with van der Waals surface area (Å²) in [6.07, 6.45) is 12.5. The van der Waals surface area contributed by atoms with Crippen molar-refractivity contribution < 1.29 is 0 Å². The van der Waals surface area contributed by atoms with Crippen LogP contribution in [-0.4, -0.2) is 12.8 Å². The standard InChI is InChI=1S/C11H24ClP/c1-3-4-5-6-7-8-9-10-11-13(2)12/h3-11H2,1-2H3. The van der Waals surface area contributed by atoms with Crippen molar-refractivity contribution >= 4 is 18.5 Å². The number of hydrogen-bond acceptors (Lipinski definition) is 0. The van der Waals surface area contributed by atoms with Crippen LogP contribution in [0.5, 0.6) is 0 Å². The molecule has 0 rings (SSSR count). The highest BCUT2D eigenvalue weighted by Gasteiger charge is 1.95. The zero-order chi connectivity index (χ0) is 9.94. The van der Waals surface area contributed by atoms with Gasteiger partial charge in [-0.1, -0.05) is 63.1 Å². The van der Waals surface area contributed by atoms with Crippen molar-refractivity contribution in [3.63, 3.8) is 0 Å². The second kappa shape index (κ2) is 10.8. The Kier molecular flexibility index (Phi) is 11.4. The van der Waals surface area contributed by atoms with E-state index in [9.17, 15) is 0 Å². The van der Waals surface area contributed by atoms with E-state index in [1.807, 2.05) is 0 Å². The predicted molar refractivity (Wildman–Crippen MR) is 66.2 cm³/mol. The molecule has 0 nitrogen and oxygen atoms in total. The molecule has 0 aliphatic rings. The molecule has 13 heavy (non-hydrogen) atoms. The van der Waals surface area contributed by atoms with Crippen LogP contribution in [0.3, 0.4) is 0 Å². The lowest BCUT2D eigenvalue weighted by Crippen LogP contribution is -1.82. The van der Waals surface area contributed by atoms with Gasteiger partial charge in [-0.2, -0.15) is 0 Å². The van der Waals surface area contributed by atoms with Crippen molar-refractivity contribution in [2.45, 2.75) is 58.3 Å². The molecule has 0 saturated carbocycles. The summed E-state index contributed by atoms with van der Waals surface area (Å²) >= 11 is 5.92. The summed E-state index contributed by atoms with van der Waals surface area (Å²) in [6.45, 7) is 4.42. The van der Waals surface area contributed by atoms with Crippen LogP contribution >= 0.6 is 18.5 Å². The van der Waals surface area contributed by atoms with Gasteiger partial charge in [0.15, 0.2) is 0 Å². The Bertz CT molecular complexity index is 94.1. The highest BCUT2D eigenvalue weighted by Crippen LogP contribution is 2.37. The summed E-state index contributed by atoms with van der Waals surface area (Å²) in [6, 6.07) is 0. The van der Waals surface area contributed by atoms with E-state index in [2.05, 4.69) is 13.6 Å². The zero-order valence-electron chi connectivity index (χ0n) is 9.19. The van der Waals surface area contributed by atoms with Gasteiger partial charge < -0.3 is 0 Å². The Morgan fingerprint density at radius 3 is 1.77 bits per heavy atom. The third-order valence-electron chi connectivity index (χ3n) is 2.32. The zero-order valence-corrected chi connectivity index (χ0v) is 10.8. The highest BCUT2D eigenvalue weighted by atomic mass is 35.7. The van der Waals surface area contributed by atoms with Gasteiger partial charge in [0, 0.05) is 0 Å². The van der Waals surface area contributed by atoms with Gasteiger partial charge >= 0.3 is 0 Å². The molecule has 80 valence electrons. The summed E-state index contributed by atoms with van der Waals surface area (Å²) < 4.78 is 0. The van der Waals surface area contributed by atoms with Crippen LogP contribution in [0.15, 0.2) is 0 Å². The molecule has 0 aromatic rings. The minimum atomic E-state index is -0.158. The van der Waals surface area contributed by atoms with Gasteiger partial charge in [0.05, 0.1) is 0 Å². The molecule has 0 heterocycles. The normalized spacial score (nSPS) is 13.2. The molecule has 0 radical (unpaired) electrons. The molecule has 0 fully saturated rings. The number of rotatable bonds is 9. The van der Waals surface area contributed by atoms with Gasteiger partial charge in [0.25, 0.3) is 0 Å². The van der Waals surface area contributed by atoms with Crippen LogP contribution in [0.4, 0.5) is 0 Å². The van der Waals surface area contributed by atoms with E-state index in [0.29, 0.717) is 0 Å². The van der Waals surface area contributed by atoms with E-state index in [0.717, 1.165) is 0 Å². The first-order valence-corrected chi connectivity index (χ1v) is 8.52. The van der Waals surface area contributed by atoms with Crippen molar-refractivity contribution in [1.82, 2.24) is 0 Å². The van der Waals surface area contributed by atoms with E-state index in [4.69, 9.17) is 11.2 Å². The van der Waals surface area contributed by atoms with E-state index < -0.39 is 0 Å². The fourth-order valence-electron chi connectivity index (χ4n) is 1.46. The average Bonchev–Trinajstić information content (AvgIpc) is 2.09. The lowest BCUT2D eigenvalue weighted by atomic mass is 10.1. The maximum absolute atomic E-state index is 5.92. The first kappa shape index (κ1) is 13.7. The lowest BCUT2D eigenvalue weighted by Gasteiger charge is -2.02. The number of halogens is 1. The van der Waals surface area contributed by atoms with Gasteiger partial charge in [0.1, 0.15) is 0 Å². The molecule has 2 heteroatoms. The first-order valence-electron chi connectivity index (χ1n) is 5.64. The van der Waals surface area contributed by atoms with E-state index >= 15 is 0 Å². The van der Waals surface area contributed by atoms with Gasteiger partial charge in [-0.25, -0.2) is 0 Å². The summed E-state index contributed by atoms with van der Waals surface area (Å²) in [7, 11) is -0.158. The van der Waals surface area contributed by atoms with E-state index in [1.165, 1.54) is 57.5 Å². The molecule has 0 aromatic carbocycles. The smallest absolute Gasteiger partial charge is 0.0129 e. The van der Waals surface area contributed by atoms with Crippen molar-refractivity contribution in [2.24, 2.45) is 0 Å². The predicted octanol–water partition coefficient (Wildman–Crippen LogP) is 5.39. The molecule has 0 aliphatic heterocycles. The number of hydrogen-bond donors (Lipinski definition) is 0. The Balaban J connectivity index is 2.84. The lowest BCUT2D eigenvalue weighted by molar-refractivity contribution is 0.586. The Labute approximate surface area is 90.0 Å². The molecule has 0 amide bonds. The van der Waals surface area contributed by atoms with Crippen molar-refractivity contribution in [2.75, 3.05) is 12.8 Å². The molecule has 1 atom stereocenters. The van der Waals surface area contributed by atoms with Gasteiger partial charge in [-0.15, -0.1) is 0 Å². The molecule has 0 bridgehead atoms. The molecule has 0 N–H and O–H groups in total. The molecular formula is C11H24ClP. The van der Waals surface area contributed by atoms with Crippen LogP contribution in [0.2, 0.25) is 0 Å². The summed E-state index contributed by atoms with van der Waals surface area (Å²) in [4.78, 5) is 0. The number of unbranched alkanes of at least 4 members (excludes halogenated alkanes) is 7. The van der Waals surface area contributed by atoms with Gasteiger partial charge in [0.2, 0.25) is 0 Å². The maximum atomic E-state index is 5.92. The van der Waals surface area contributed by atoms with Crippen LogP contribution in [0.25, 0.3) is 0 Å². The molecule has 0 aliphatic carbocycles. The fourth-order valence-corrected chi connectivity index (χ4v) is 2.48. The molecule has 0 spiro atoms. The third-order valence-corrected chi connectivity index (χ3v) is 3.76. The SMILES string of the molecule is CCCCCCCCCCP(C)Cl. The quantitative estimate of drug-likeness (QED) is 0.362. The minimum absolute atomic E-state index is 0.158. The largest absolute Gasteiger partial charge is 0.0967 e. The van der Waals surface area contributed by atoms with Crippen molar-refractivity contribution in [3.8, 4) is 0 Å². The van der Waals surface area contributed by atoms with Crippen LogP contribution in [-0.2, 0) is 0 Å². The van der Waals surface area contributed by atoms with Crippen molar-refractivity contribution in [3.05, 3.63) is 0 Å². The molecule has 0 aromatic heterocycles. The highest BCUT2D eigenvalue weighted by molar-refractivity contribution is 7.83. The molecule has 1 unspecified atom stereocenters. The van der Waals surface area contributed by atoms with Crippen LogP contribution in [0.1, 0.15) is 58.3 Å². The second-order valence-corrected chi connectivity index (χ2v) is 7.19. The Morgan fingerprint density at radius 1 is 0.846 bits per heavy atom. The Hall–Kier alpha value is 0.720. The summed E-state index contributed by atoms with van der Waals surface area (Å²) in [5.74, 6) is 0. The minimum Gasteiger partial charge on any atom is -0.0967 e. The molecule has 0 saturated heterocycles. The maximum Gasteiger partial charge on any atom is -0.0129 e. The topological polar surface area (TPSA) is 0 Å². The second-order valence-electron chi connectivity index (χ2n) is 3.80. The monoisotopic (exact) mass is 222 g/mol. The van der Waals surface area contributed by atoms with Gasteiger partial charge in [-0.3, -0.25) is 0 Å². The fraction of sp³-hybridized carbons (Fsp3) is 1.00. The summed E-state index contributed by atoms with van der Waals surface area (Å²) in [5, 5.41) is 0. The first-order chi connectivity index (χ1) is 6.27. The van der Waals surface area contributed by atoms with Gasteiger partial charge in [-0.05, 0) is 26.5 Å². The van der Waals surface area contributed by atoms with Crippen LogP contribution in [0, 0.1) is 0 Å². The summed E-state index contributed by atoms with van der Waals surface area (Å²) in [5.41, 5.74) is 0.